The van der Waals surface area contributed by atoms with E-state index in [0.29, 0.717) is 11.1 Å². The second-order valence-corrected chi connectivity index (χ2v) is 4.20. The van der Waals surface area contributed by atoms with Crippen LogP contribution in [0.3, 0.4) is 0 Å². The lowest BCUT2D eigenvalue weighted by atomic mass is 10.1. The van der Waals surface area contributed by atoms with Crippen LogP contribution in [-0.2, 0) is 4.79 Å². The highest BCUT2D eigenvalue weighted by Gasteiger charge is 2.14. The van der Waals surface area contributed by atoms with Gasteiger partial charge in [0, 0.05) is 24.6 Å². The molecule has 1 aromatic heterocycles. The number of fused-ring (bicyclic) bond motifs is 1. The lowest BCUT2D eigenvalue weighted by Crippen LogP contribution is -2.35. The first-order valence-electron chi connectivity index (χ1n) is 6.16. The van der Waals surface area contributed by atoms with Gasteiger partial charge in [0.25, 0.3) is 5.91 Å². The van der Waals surface area contributed by atoms with Crippen molar-refractivity contribution >= 4 is 22.8 Å². The minimum absolute atomic E-state index is 0.146. The molecule has 2 N–H and O–H groups in total. The summed E-state index contributed by atoms with van der Waals surface area (Å²) in [5.74, 6) is -0.354. The van der Waals surface area contributed by atoms with Crippen molar-refractivity contribution in [2.24, 2.45) is 0 Å². The van der Waals surface area contributed by atoms with Crippen molar-refractivity contribution in [1.29, 1.82) is 0 Å². The van der Waals surface area contributed by atoms with E-state index >= 15 is 0 Å². The number of hydrogen-bond acceptors (Lipinski definition) is 5. The zero-order valence-electron chi connectivity index (χ0n) is 11.6. The smallest absolute Gasteiger partial charge is 0.337 e. The number of nitrogens with one attached hydrogen (secondary N) is 2. The SMILES string of the molecule is CNC(=O)CNC(=O)c1cc(=O)oc2cc(OC)ccc12. The van der Waals surface area contributed by atoms with Crippen molar-refractivity contribution in [2.75, 3.05) is 20.7 Å². The summed E-state index contributed by atoms with van der Waals surface area (Å²) >= 11 is 0. The van der Waals surface area contributed by atoms with Crippen molar-refractivity contribution in [3.63, 3.8) is 0 Å². The van der Waals surface area contributed by atoms with E-state index in [1.54, 1.807) is 12.1 Å². The van der Waals surface area contributed by atoms with Crippen LogP contribution >= 0.6 is 0 Å². The van der Waals surface area contributed by atoms with Gasteiger partial charge in [-0.1, -0.05) is 0 Å². The molecule has 0 radical (unpaired) electrons. The molecule has 2 rings (SSSR count). The first-order valence-corrected chi connectivity index (χ1v) is 6.16. The van der Waals surface area contributed by atoms with E-state index in [4.69, 9.17) is 9.15 Å². The Labute approximate surface area is 119 Å². The Hall–Kier alpha value is -2.83. The molecule has 0 atom stereocenters. The maximum absolute atomic E-state index is 12.1. The molecule has 0 unspecified atom stereocenters. The Morgan fingerprint density at radius 3 is 2.71 bits per heavy atom. The number of carbonyl (C=O) groups is 2. The summed E-state index contributed by atoms with van der Waals surface area (Å²) in [7, 11) is 2.95. The number of hydrogen-bond donors (Lipinski definition) is 2. The first-order chi connectivity index (χ1) is 10.0. The number of rotatable bonds is 4. The molecule has 0 fully saturated rings. The molecular formula is C14H14N2O5. The van der Waals surface area contributed by atoms with Gasteiger partial charge in [0.15, 0.2) is 0 Å². The van der Waals surface area contributed by atoms with E-state index in [0.717, 1.165) is 6.07 Å². The largest absolute Gasteiger partial charge is 0.497 e. The molecule has 2 aromatic rings. The highest BCUT2D eigenvalue weighted by atomic mass is 16.5. The van der Waals surface area contributed by atoms with Crippen molar-refractivity contribution in [1.82, 2.24) is 10.6 Å². The molecule has 1 aromatic carbocycles. The van der Waals surface area contributed by atoms with Gasteiger partial charge in [-0.2, -0.15) is 0 Å². The summed E-state index contributed by atoms with van der Waals surface area (Å²) in [5.41, 5.74) is -0.263. The van der Waals surface area contributed by atoms with Gasteiger partial charge in [-0.3, -0.25) is 9.59 Å². The zero-order valence-corrected chi connectivity index (χ0v) is 11.6. The molecule has 2 amide bonds. The predicted octanol–water partition coefficient (Wildman–Crippen LogP) is 0.277. The van der Waals surface area contributed by atoms with Crippen molar-refractivity contribution in [3.05, 3.63) is 40.2 Å². The number of likely N-dealkylation sites (N-methyl/N-ethyl adjacent to an activating group) is 1. The van der Waals surface area contributed by atoms with E-state index in [2.05, 4.69) is 10.6 Å². The van der Waals surface area contributed by atoms with Crippen molar-refractivity contribution in [3.8, 4) is 5.75 Å². The third-order valence-electron chi connectivity index (χ3n) is 2.88. The molecule has 0 saturated heterocycles. The summed E-state index contributed by atoms with van der Waals surface area (Å²) in [6.45, 7) is -0.173. The summed E-state index contributed by atoms with van der Waals surface area (Å²) < 4.78 is 10.1. The highest BCUT2D eigenvalue weighted by molar-refractivity contribution is 6.06. The van der Waals surface area contributed by atoms with Gasteiger partial charge in [0.1, 0.15) is 11.3 Å². The first kappa shape index (κ1) is 14.6. The monoisotopic (exact) mass is 290 g/mol. The van der Waals surface area contributed by atoms with Crippen molar-refractivity contribution < 1.29 is 18.7 Å². The van der Waals surface area contributed by atoms with Crippen LogP contribution in [0.15, 0.2) is 33.5 Å². The molecule has 7 heteroatoms. The van der Waals surface area contributed by atoms with E-state index in [1.165, 1.54) is 20.2 Å². The maximum Gasteiger partial charge on any atom is 0.337 e. The second-order valence-electron chi connectivity index (χ2n) is 4.20. The lowest BCUT2D eigenvalue weighted by Gasteiger charge is -2.07. The number of amides is 2. The minimum atomic E-state index is -0.652. The van der Waals surface area contributed by atoms with Crippen LogP contribution in [0.4, 0.5) is 0 Å². The van der Waals surface area contributed by atoms with E-state index in [-0.39, 0.29) is 23.6 Å². The summed E-state index contributed by atoms with van der Waals surface area (Å²) in [5, 5.41) is 5.28. The van der Waals surface area contributed by atoms with Gasteiger partial charge in [0.2, 0.25) is 5.91 Å². The Morgan fingerprint density at radius 1 is 1.29 bits per heavy atom. The number of benzene rings is 1. The number of methoxy groups -OCH3 is 1. The normalized spacial score (nSPS) is 10.2. The van der Waals surface area contributed by atoms with E-state index in [1.807, 2.05) is 0 Å². The molecule has 0 saturated carbocycles. The van der Waals surface area contributed by atoms with Crippen LogP contribution in [0.2, 0.25) is 0 Å². The summed E-state index contributed by atoms with van der Waals surface area (Å²) in [6, 6.07) is 5.88. The zero-order chi connectivity index (χ0) is 15.4. The number of carbonyl (C=O) groups excluding carboxylic acids is 2. The van der Waals surface area contributed by atoms with Crippen LogP contribution in [0.25, 0.3) is 11.0 Å². The highest BCUT2D eigenvalue weighted by Crippen LogP contribution is 2.22. The van der Waals surface area contributed by atoms with Gasteiger partial charge in [0.05, 0.1) is 19.2 Å². The third kappa shape index (κ3) is 3.19. The topological polar surface area (TPSA) is 97.6 Å². The predicted molar refractivity (Wildman–Crippen MR) is 75.4 cm³/mol. The molecule has 0 aliphatic carbocycles. The Bertz CT molecular complexity index is 751. The fraction of sp³-hybridized carbons (Fsp3) is 0.214. The molecule has 110 valence electrons. The summed E-state index contributed by atoms with van der Waals surface area (Å²) in [6.07, 6.45) is 0. The molecular weight excluding hydrogens is 276 g/mol. The van der Waals surface area contributed by atoms with Gasteiger partial charge >= 0.3 is 5.63 Å². The average Bonchev–Trinajstić information content (AvgIpc) is 2.50. The van der Waals surface area contributed by atoms with Crippen LogP contribution in [0.1, 0.15) is 10.4 Å². The van der Waals surface area contributed by atoms with Crippen LogP contribution in [0, 0.1) is 0 Å². The molecule has 0 aliphatic rings. The Kier molecular flexibility index (Phi) is 4.22. The quantitative estimate of drug-likeness (QED) is 0.788. The van der Waals surface area contributed by atoms with Crippen LogP contribution in [0.5, 0.6) is 5.75 Å². The second kappa shape index (κ2) is 6.08. The van der Waals surface area contributed by atoms with Gasteiger partial charge in [-0.25, -0.2) is 4.79 Å². The van der Waals surface area contributed by atoms with E-state index in [9.17, 15) is 14.4 Å². The van der Waals surface area contributed by atoms with Crippen molar-refractivity contribution in [2.45, 2.75) is 0 Å². The maximum atomic E-state index is 12.1. The lowest BCUT2D eigenvalue weighted by molar-refractivity contribution is -0.119. The molecule has 0 aliphatic heterocycles. The average molecular weight is 290 g/mol. The minimum Gasteiger partial charge on any atom is -0.497 e. The molecule has 7 nitrogen and oxygen atoms in total. The molecule has 0 bridgehead atoms. The van der Waals surface area contributed by atoms with Crippen LogP contribution in [-0.4, -0.2) is 32.5 Å². The molecule has 21 heavy (non-hydrogen) atoms. The van der Waals surface area contributed by atoms with Gasteiger partial charge in [-0.05, 0) is 12.1 Å². The standard InChI is InChI=1S/C14H14N2O5/c1-15-12(17)7-16-14(19)10-6-13(18)21-11-5-8(20-2)3-4-9(10)11/h3-6H,7H2,1-2H3,(H,15,17)(H,16,19). The van der Waals surface area contributed by atoms with E-state index < -0.39 is 11.5 Å². The Balaban J connectivity index is 2.41. The van der Waals surface area contributed by atoms with Gasteiger partial charge in [-0.15, -0.1) is 0 Å². The Morgan fingerprint density at radius 2 is 2.05 bits per heavy atom. The molecule has 1 heterocycles. The fourth-order valence-electron chi connectivity index (χ4n) is 1.80. The fourth-order valence-corrected chi connectivity index (χ4v) is 1.80. The van der Waals surface area contributed by atoms with Crippen LogP contribution < -0.4 is 21.0 Å². The molecule has 0 spiro atoms. The summed E-state index contributed by atoms with van der Waals surface area (Å²) in [4.78, 5) is 34.8. The third-order valence-corrected chi connectivity index (χ3v) is 2.88. The number of ether oxygens (including phenoxy) is 1. The van der Waals surface area contributed by atoms with Gasteiger partial charge < -0.3 is 19.8 Å².